The third-order valence-electron chi connectivity index (χ3n) is 5.22. The van der Waals surface area contributed by atoms with Gasteiger partial charge in [-0.05, 0) is 31.2 Å². The summed E-state index contributed by atoms with van der Waals surface area (Å²) in [6, 6.07) is 19.8. The summed E-state index contributed by atoms with van der Waals surface area (Å²) < 4.78 is 24.9. The van der Waals surface area contributed by atoms with Gasteiger partial charge in [0.25, 0.3) is 5.91 Å². The zero-order valence-corrected chi connectivity index (χ0v) is 19.7. The van der Waals surface area contributed by atoms with E-state index in [-0.39, 0.29) is 13.2 Å². The summed E-state index contributed by atoms with van der Waals surface area (Å²) in [6.45, 7) is 2.80. The van der Waals surface area contributed by atoms with Gasteiger partial charge in [0.2, 0.25) is 0 Å². The molecule has 9 heteroatoms. The molecule has 0 saturated carbocycles. The Balaban J connectivity index is 1.58. The molecule has 0 atom stereocenters. The molecule has 1 aliphatic heterocycles. The van der Waals surface area contributed by atoms with Crippen molar-refractivity contribution in [3.8, 4) is 23.0 Å². The highest BCUT2D eigenvalue weighted by Gasteiger charge is 2.19. The molecule has 5 rings (SSSR count). The normalized spacial score (nSPS) is 13.0. The highest BCUT2D eigenvalue weighted by atomic mass is 32.1. The van der Waals surface area contributed by atoms with Crippen LogP contribution in [0.1, 0.15) is 17.3 Å². The maximum absolute atomic E-state index is 13.3. The summed E-state index contributed by atoms with van der Waals surface area (Å²) in [5, 5.41) is 0. The number of hydrogen-bond acceptors (Lipinski definition) is 7. The minimum absolute atomic E-state index is 0.0955. The van der Waals surface area contributed by atoms with Crippen molar-refractivity contribution in [3.63, 3.8) is 0 Å². The Hall–Kier alpha value is -4.11. The third kappa shape index (κ3) is 4.90. The van der Waals surface area contributed by atoms with Gasteiger partial charge in [-0.3, -0.25) is 9.59 Å². The van der Waals surface area contributed by atoms with Crippen LogP contribution in [-0.2, 0) is 16.1 Å². The van der Waals surface area contributed by atoms with Gasteiger partial charge in [-0.25, -0.2) is 0 Å². The average molecular weight is 491 g/mol. The van der Waals surface area contributed by atoms with E-state index in [0.29, 0.717) is 52.1 Å². The van der Waals surface area contributed by atoms with E-state index in [1.54, 1.807) is 41.8 Å². The van der Waals surface area contributed by atoms with Crippen molar-refractivity contribution >= 4 is 33.4 Å². The van der Waals surface area contributed by atoms with Gasteiger partial charge in [0, 0.05) is 12.1 Å². The molecular weight excluding hydrogens is 468 g/mol. The summed E-state index contributed by atoms with van der Waals surface area (Å²) in [7, 11) is 0. The number of benzene rings is 3. The Labute approximate surface area is 205 Å². The van der Waals surface area contributed by atoms with E-state index in [9.17, 15) is 9.59 Å². The average Bonchev–Trinajstić information content (AvgIpc) is 3.19. The number of aromatic nitrogens is 1. The number of nitrogens with zero attached hydrogens (tertiary/aromatic N) is 2. The van der Waals surface area contributed by atoms with Crippen molar-refractivity contribution in [2.45, 2.75) is 13.5 Å². The molecule has 0 unspecified atom stereocenters. The predicted molar refractivity (Wildman–Crippen MR) is 130 cm³/mol. The number of para-hydroxylation sites is 2. The van der Waals surface area contributed by atoms with Gasteiger partial charge in [0.15, 0.2) is 16.3 Å². The minimum Gasteiger partial charge on any atom is -0.486 e. The first-order chi connectivity index (χ1) is 17.1. The lowest BCUT2D eigenvalue weighted by atomic mass is 10.2. The minimum atomic E-state index is -0.488. The molecule has 1 aliphatic rings. The van der Waals surface area contributed by atoms with Crippen LogP contribution in [0.4, 0.5) is 0 Å². The van der Waals surface area contributed by atoms with Crippen molar-refractivity contribution < 1.29 is 28.5 Å². The number of thiazole rings is 1. The molecule has 0 radical (unpaired) electrons. The number of carbonyl (C=O) groups is 2. The molecular formula is C26H22N2O6S. The fraction of sp³-hybridized carbons (Fsp3) is 0.192. The van der Waals surface area contributed by atoms with Gasteiger partial charge in [0.05, 0.1) is 22.4 Å². The molecule has 4 aromatic rings. The fourth-order valence-corrected chi connectivity index (χ4v) is 4.71. The summed E-state index contributed by atoms with van der Waals surface area (Å²) in [6.07, 6.45) is 0. The van der Waals surface area contributed by atoms with Crippen LogP contribution in [0.3, 0.4) is 0 Å². The smallest absolute Gasteiger partial charge is 0.326 e. The van der Waals surface area contributed by atoms with Crippen LogP contribution in [0.25, 0.3) is 10.2 Å². The Kier molecular flexibility index (Phi) is 6.49. The highest BCUT2D eigenvalue weighted by molar-refractivity contribution is 7.16. The van der Waals surface area contributed by atoms with Gasteiger partial charge in [-0.1, -0.05) is 41.7 Å². The summed E-state index contributed by atoms with van der Waals surface area (Å²) in [5.74, 6) is 1.29. The van der Waals surface area contributed by atoms with E-state index in [0.717, 1.165) is 4.70 Å². The van der Waals surface area contributed by atoms with Crippen molar-refractivity contribution in [2.24, 2.45) is 4.99 Å². The number of amides is 1. The molecule has 1 amide bonds. The number of ether oxygens (including phenoxy) is 4. The largest absolute Gasteiger partial charge is 0.486 e. The maximum atomic E-state index is 13.3. The molecule has 178 valence electrons. The topological polar surface area (TPSA) is 88.4 Å². The molecule has 0 N–H and O–H groups in total. The Morgan fingerprint density at radius 2 is 1.71 bits per heavy atom. The highest BCUT2D eigenvalue weighted by Crippen LogP contribution is 2.35. The Morgan fingerprint density at radius 3 is 2.49 bits per heavy atom. The van der Waals surface area contributed by atoms with Crippen LogP contribution in [-0.4, -0.2) is 36.3 Å². The van der Waals surface area contributed by atoms with Gasteiger partial charge < -0.3 is 23.5 Å². The molecule has 8 nitrogen and oxygen atoms in total. The van der Waals surface area contributed by atoms with Crippen LogP contribution >= 0.6 is 11.3 Å². The monoisotopic (exact) mass is 490 g/mol. The van der Waals surface area contributed by atoms with E-state index in [1.807, 2.05) is 36.4 Å². The summed E-state index contributed by atoms with van der Waals surface area (Å²) >= 11 is 1.28. The second-order valence-corrected chi connectivity index (χ2v) is 8.58. The summed E-state index contributed by atoms with van der Waals surface area (Å²) in [4.78, 5) is 30.4. The first kappa shape index (κ1) is 22.7. The molecule has 0 aliphatic carbocycles. The lowest BCUT2D eigenvalue weighted by Crippen LogP contribution is -2.23. The maximum Gasteiger partial charge on any atom is 0.326 e. The van der Waals surface area contributed by atoms with Crippen molar-refractivity contribution in [1.29, 1.82) is 0 Å². The fourth-order valence-electron chi connectivity index (χ4n) is 3.68. The Bertz CT molecular complexity index is 1460. The third-order valence-corrected chi connectivity index (χ3v) is 6.27. The standard InChI is InChI=1S/C26H22N2O6S/c1-2-31-24(29)16-28-19-14-21-22(33-13-12-32-21)15-23(19)35-26(28)27-25(30)18-10-6-7-11-20(18)34-17-8-4-3-5-9-17/h3-11,14-15H,2,12-13,16H2,1H3. The van der Waals surface area contributed by atoms with E-state index in [2.05, 4.69) is 4.99 Å². The lowest BCUT2D eigenvalue weighted by molar-refractivity contribution is -0.143. The molecule has 3 aromatic carbocycles. The molecule has 0 saturated heterocycles. The lowest BCUT2D eigenvalue weighted by Gasteiger charge is -2.18. The van der Waals surface area contributed by atoms with Crippen LogP contribution < -0.4 is 19.0 Å². The van der Waals surface area contributed by atoms with Gasteiger partial charge >= 0.3 is 5.97 Å². The van der Waals surface area contributed by atoms with Crippen LogP contribution in [0.2, 0.25) is 0 Å². The van der Waals surface area contributed by atoms with Crippen LogP contribution in [0.15, 0.2) is 71.7 Å². The second-order valence-electron chi connectivity index (χ2n) is 7.57. The van der Waals surface area contributed by atoms with Crippen LogP contribution in [0.5, 0.6) is 23.0 Å². The van der Waals surface area contributed by atoms with Crippen LogP contribution in [0, 0.1) is 0 Å². The van der Waals surface area contributed by atoms with Gasteiger partial charge in [-0.2, -0.15) is 4.99 Å². The molecule has 0 fully saturated rings. The first-order valence-corrected chi connectivity index (χ1v) is 11.9. The van der Waals surface area contributed by atoms with E-state index in [1.165, 1.54) is 11.3 Å². The number of rotatable bonds is 6. The molecule has 0 bridgehead atoms. The molecule has 1 aromatic heterocycles. The first-order valence-electron chi connectivity index (χ1n) is 11.1. The second kappa shape index (κ2) is 10.0. The Morgan fingerprint density at radius 1 is 1.00 bits per heavy atom. The number of esters is 1. The molecule has 2 heterocycles. The van der Waals surface area contributed by atoms with E-state index < -0.39 is 11.9 Å². The van der Waals surface area contributed by atoms with Gasteiger partial charge in [0.1, 0.15) is 31.3 Å². The zero-order valence-electron chi connectivity index (χ0n) is 18.9. The van der Waals surface area contributed by atoms with Gasteiger partial charge in [-0.15, -0.1) is 0 Å². The number of hydrogen-bond donors (Lipinski definition) is 0. The molecule has 35 heavy (non-hydrogen) atoms. The zero-order chi connectivity index (χ0) is 24.2. The SMILES string of the molecule is CCOC(=O)Cn1c(=NC(=O)c2ccccc2Oc2ccccc2)sc2cc3c(cc21)OCCO3. The number of carbonyl (C=O) groups excluding carboxylic acids is 2. The van der Waals surface area contributed by atoms with E-state index in [4.69, 9.17) is 18.9 Å². The predicted octanol–water partition coefficient (Wildman–Crippen LogP) is 4.57. The number of fused-ring (bicyclic) bond motifs is 2. The van der Waals surface area contributed by atoms with Crippen molar-refractivity contribution in [1.82, 2.24) is 4.57 Å². The quantitative estimate of drug-likeness (QED) is 0.368. The van der Waals surface area contributed by atoms with E-state index >= 15 is 0 Å². The summed E-state index contributed by atoms with van der Waals surface area (Å²) in [5.41, 5.74) is 1.01. The van der Waals surface area contributed by atoms with Crippen molar-refractivity contribution in [2.75, 3.05) is 19.8 Å². The molecule has 0 spiro atoms. The van der Waals surface area contributed by atoms with Crippen molar-refractivity contribution in [3.05, 3.63) is 77.1 Å².